The summed E-state index contributed by atoms with van der Waals surface area (Å²) >= 11 is 7.54. The Kier molecular flexibility index (Phi) is 7.36. The number of aromatic nitrogens is 2. The number of carbonyl (C=O) groups is 3. The van der Waals surface area contributed by atoms with Gasteiger partial charge in [0.15, 0.2) is 15.6 Å². The predicted octanol–water partition coefficient (Wildman–Crippen LogP) is 2.07. The highest BCUT2D eigenvalue weighted by molar-refractivity contribution is 7.90. The van der Waals surface area contributed by atoms with Crippen LogP contribution in [0.25, 0.3) is 10.6 Å². The Morgan fingerprint density at radius 2 is 2.00 bits per heavy atom. The van der Waals surface area contributed by atoms with Crippen LogP contribution in [0.3, 0.4) is 0 Å². The Hall–Kier alpha value is -2.41. The number of halogens is 1. The number of rotatable bonds is 6. The number of hydrogen-bond donors (Lipinski definition) is 1. The van der Waals surface area contributed by atoms with Crippen LogP contribution in [0.15, 0.2) is 29.3 Å². The molecule has 1 saturated carbocycles. The molecule has 4 heterocycles. The van der Waals surface area contributed by atoms with E-state index in [1.54, 1.807) is 12.1 Å². The van der Waals surface area contributed by atoms with Crippen LogP contribution in [0.4, 0.5) is 0 Å². The summed E-state index contributed by atoms with van der Waals surface area (Å²) in [4.78, 5) is 42.0. The molecule has 2 aromatic rings. The molecule has 10 nitrogen and oxygen atoms in total. The van der Waals surface area contributed by atoms with Gasteiger partial charge in [0.1, 0.15) is 30.5 Å². The molecule has 2 aromatic heterocycles. The van der Waals surface area contributed by atoms with Gasteiger partial charge in [-0.05, 0) is 37.0 Å². The zero-order valence-corrected chi connectivity index (χ0v) is 22.5. The molecule has 5 rings (SSSR count). The predicted molar refractivity (Wildman–Crippen MR) is 136 cm³/mol. The third-order valence-electron chi connectivity index (χ3n) is 7.22. The van der Waals surface area contributed by atoms with Crippen molar-refractivity contribution in [1.82, 2.24) is 20.4 Å². The van der Waals surface area contributed by atoms with Crippen molar-refractivity contribution in [2.75, 3.05) is 19.4 Å². The molecule has 13 heteroatoms. The maximum Gasteiger partial charge on any atom is 0.262 e. The van der Waals surface area contributed by atoms with E-state index in [9.17, 15) is 22.8 Å². The van der Waals surface area contributed by atoms with Gasteiger partial charge in [-0.1, -0.05) is 19.3 Å². The second kappa shape index (κ2) is 10.4. The van der Waals surface area contributed by atoms with Crippen molar-refractivity contribution in [2.45, 2.75) is 60.6 Å². The molecule has 37 heavy (non-hydrogen) atoms. The van der Waals surface area contributed by atoms with Crippen molar-refractivity contribution in [3.8, 4) is 10.6 Å². The molecular formula is C24H27ClN4O6S2. The summed E-state index contributed by atoms with van der Waals surface area (Å²) in [7, 11) is -3.46. The monoisotopic (exact) mass is 566 g/mol. The van der Waals surface area contributed by atoms with E-state index >= 15 is 0 Å². The lowest BCUT2D eigenvalue weighted by Crippen LogP contribution is -2.55. The number of alkyl halides is 1. The number of ether oxygens (including phenoxy) is 1. The van der Waals surface area contributed by atoms with Crippen molar-refractivity contribution < 1.29 is 27.5 Å². The zero-order chi connectivity index (χ0) is 26.3. The molecule has 4 atom stereocenters. The van der Waals surface area contributed by atoms with E-state index < -0.39 is 39.3 Å². The Balaban J connectivity index is 1.37. The van der Waals surface area contributed by atoms with E-state index in [0.29, 0.717) is 15.4 Å². The van der Waals surface area contributed by atoms with Crippen molar-refractivity contribution >= 4 is 50.4 Å². The van der Waals surface area contributed by atoms with Gasteiger partial charge in [0.2, 0.25) is 5.91 Å². The van der Waals surface area contributed by atoms with Crippen LogP contribution in [-0.4, -0.2) is 84.1 Å². The van der Waals surface area contributed by atoms with Crippen LogP contribution in [0.1, 0.15) is 41.8 Å². The third kappa shape index (κ3) is 5.29. The van der Waals surface area contributed by atoms with Crippen molar-refractivity contribution in [2.24, 2.45) is 5.92 Å². The lowest BCUT2D eigenvalue weighted by atomic mass is 9.83. The number of amides is 2. The Morgan fingerprint density at radius 1 is 1.24 bits per heavy atom. The van der Waals surface area contributed by atoms with Gasteiger partial charge in [0.25, 0.3) is 5.91 Å². The quantitative estimate of drug-likeness (QED) is 0.525. The average molecular weight is 567 g/mol. The van der Waals surface area contributed by atoms with Crippen molar-refractivity contribution in [3.05, 3.63) is 29.3 Å². The number of hydrogen-bond acceptors (Lipinski definition) is 9. The minimum Gasteiger partial charge on any atom is -0.366 e. The number of ketones is 1. The highest BCUT2D eigenvalue weighted by Crippen LogP contribution is 2.34. The van der Waals surface area contributed by atoms with E-state index in [4.69, 9.17) is 16.3 Å². The fourth-order valence-electron chi connectivity index (χ4n) is 5.33. The molecule has 0 bridgehead atoms. The van der Waals surface area contributed by atoms with Crippen LogP contribution in [0.5, 0.6) is 0 Å². The molecule has 2 saturated heterocycles. The number of likely N-dealkylation sites (tertiary alicyclic amines) is 1. The van der Waals surface area contributed by atoms with Gasteiger partial charge in [-0.15, -0.1) is 28.0 Å². The molecule has 0 spiro atoms. The second-order valence-corrected chi connectivity index (χ2v) is 13.4. The standard InChI is InChI=1S/C24H27ClN4O6S2/c1-37(33,34)14-9-16(28-26-10-14)18-7-8-19(36-18)23(31)27-20(13-5-3-2-4-6-13)24(32)29-11-15(25)22-21(29)17(30)12-35-22/h7-10,13,15,20-22H,2-6,11-12H2,1H3,(H,27,31)/t15-,20-,21+,22+/m0/s1. The molecule has 2 aliphatic heterocycles. The largest absolute Gasteiger partial charge is 0.366 e. The summed E-state index contributed by atoms with van der Waals surface area (Å²) in [5, 5.41) is 10.2. The summed E-state index contributed by atoms with van der Waals surface area (Å²) in [5.41, 5.74) is 0.336. The molecule has 3 aliphatic rings. The zero-order valence-electron chi connectivity index (χ0n) is 20.1. The first-order valence-corrected chi connectivity index (χ1v) is 15.3. The maximum absolute atomic E-state index is 13.8. The minimum absolute atomic E-state index is 0.0341. The molecule has 0 radical (unpaired) electrons. The van der Waals surface area contributed by atoms with Gasteiger partial charge in [0.05, 0.1) is 26.2 Å². The molecule has 0 unspecified atom stereocenters. The Labute approximate surface area is 223 Å². The van der Waals surface area contributed by atoms with Crippen LogP contribution in [-0.2, 0) is 24.2 Å². The van der Waals surface area contributed by atoms with Crippen LogP contribution < -0.4 is 5.32 Å². The fraction of sp³-hybridized carbons (Fsp3) is 0.542. The molecule has 1 N–H and O–H groups in total. The van der Waals surface area contributed by atoms with Gasteiger partial charge >= 0.3 is 0 Å². The lowest BCUT2D eigenvalue weighted by Gasteiger charge is -2.34. The summed E-state index contributed by atoms with van der Waals surface area (Å²) in [6.07, 6.45) is 6.36. The molecule has 2 amide bonds. The topological polar surface area (TPSA) is 136 Å². The average Bonchev–Trinajstić information content (AvgIpc) is 3.60. The minimum atomic E-state index is -3.46. The Bertz CT molecular complexity index is 1330. The number of fused-ring (bicyclic) bond motifs is 1. The fourth-order valence-corrected chi connectivity index (χ4v) is 7.12. The molecule has 198 valence electrons. The summed E-state index contributed by atoms with van der Waals surface area (Å²) < 4.78 is 29.3. The smallest absolute Gasteiger partial charge is 0.262 e. The van der Waals surface area contributed by atoms with E-state index in [1.165, 1.54) is 17.2 Å². The SMILES string of the molecule is CS(=O)(=O)c1cnnc(-c2ccc(C(=O)N[C@H](C(=O)N3C[C@H](Cl)[C@H]4OCC(=O)[C@H]43)C3CCCCC3)s2)c1. The summed E-state index contributed by atoms with van der Waals surface area (Å²) in [6, 6.07) is 3.19. The number of sulfone groups is 1. The van der Waals surface area contributed by atoms with Gasteiger partial charge in [0, 0.05) is 12.8 Å². The first-order chi connectivity index (χ1) is 17.6. The summed E-state index contributed by atoms with van der Waals surface area (Å²) in [5.74, 6) is -0.942. The van der Waals surface area contributed by atoms with Gasteiger partial charge in [-0.2, -0.15) is 5.10 Å². The van der Waals surface area contributed by atoms with Crippen molar-refractivity contribution in [3.63, 3.8) is 0 Å². The normalized spacial score (nSPS) is 25.2. The molecule has 0 aromatic carbocycles. The van der Waals surface area contributed by atoms with E-state index in [0.717, 1.165) is 49.7 Å². The van der Waals surface area contributed by atoms with Crippen LogP contribution in [0, 0.1) is 5.92 Å². The van der Waals surface area contributed by atoms with Crippen LogP contribution >= 0.6 is 22.9 Å². The van der Waals surface area contributed by atoms with Gasteiger partial charge in [-0.3, -0.25) is 14.4 Å². The Morgan fingerprint density at radius 3 is 2.73 bits per heavy atom. The second-order valence-electron chi connectivity index (χ2n) is 9.76. The number of nitrogens with zero attached hydrogens (tertiary/aromatic N) is 3. The van der Waals surface area contributed by atoms with Gasteiger partial charge < -0.3 is 15.0 Å². The molecule has 3 fully saturated rings. The van der Waals surface area contributed by atoms with Crippen molar-refractivity contribution in [1.29, 1.82) is 0 Å². The first kappa shape index (κ1) is 26.2. The molecular weight excluding hydrogens is 540 g/mol. The maximum atomic E-state index is 13.8. The first-order valence-electron chi connectivity index (χ1n) is 12.2. The molecule has 1 aliphatic carbocycles. The van der Waals surface area contributed by atoms with Crippen LogP contribution in [0.2, 0.25) is 0 Å². The number of nitrogens with one attached hydrogen (secondary N) is 1. The van der Waals surface area contributed by atoms with E-state index in [-0.39, 0.29) is 35.7 Å². The van der Waals surface area contributed by atoms with Gasteiger partial charge in [-0.25, -0.2) is 8.42 Å². The third-order valence-corrected chi connectivity index (χ3v) is 9.79. The lowest BCUT2D eigenvalue weighted by molar-refractivity contribution is -0.139. The van der Waals surface area contributed by atoms with E-state index in [1.807, 2.05) is 0 Å². The van der Waals surface area contributed by atoms with E-state index in [2.05, 4.69) is 15.5 Å². The number of Topliss-reactive ketones (excluding diaryl/α,β-unsaturated/α-hetero) is 1. The highest BCUT2D eigenvalue weighted by atomic mass is 35.5. The highest BCUT2D eigenvalue weighted by Gasteiger charge is 2.53. The summed E-state index contributed by atoms with van der Waals surface area (Å²) in [6.45, 7) is 0.128. The number of carbonyl (C=O) groups excluding carboxylic acids is 3. The number of thiophene rings is 1.